The maximum Gasteiger partial charge on any atom is 0.407 e. The number of thiophene rings is 1. The van der Waals surface area contributed by atoms with E-state index in [2.05, 4.69) is 45.4 Å². The van der Waals surface area contributed by atoms with Gasteiger partial charge in [0, 0.05) is 36.5 Å². The van der Waals surface area contributed by atoms with Gasteiger partial charge in [0.05, 0.1) is 0 Å². The van der Waals surface area contributed by atoms with Gasteiger partial charge in [0.1, 0.15) is 5.60 Å². The molecule has 1 amide bonds. The summed E-state index contributed by atoms with van der Waals surface area (Å²) >= 11 is 1.79. The number of guanidine groups is 1. The highest BCUT2D eigenvalue weighted by atomic mass is 32.1. The predicted molar refractivity (Wildman–Crippen MR) is 113 cm³/mol. The lowest BCUT2D eigenvalue weighted by molar-refractivity contribution is 0.0490. The summed E-state index contributed by atoms with van der Waals surface area (Å²) in [7, 11) is 1.81. The summed E-state index contributed by atoms with van der Waals surface area (Å²) in [5, 5.41) is 12.0. The Morgan fingerprint density at radius 2 is 1.89 bits per heavy atom. The van der Waals surface area contributed by atoms with E-state index in [0.717, 1.165) is 38.2 Å². The molecule has 6 nitrogen and oxygen atoms in total. The zero-order chi connectivity index (χ0) is 19.9. The molecular weight excluding hydrogens is 360 g/mol. The van der Waals surface area contributed by atoms with Crippen molar-refractivity contribution >= 4 is 23.4 Å². The SMILES string of the molecule is CN=C(NCC(C)c1cccs1)NC1CCC(NC(=O)OC(C)(C)C)CC1. The zero-order valence-electron chi connectivity index (χ0n) is 17.2. The summed E-state index contributed by atoms with van der Waals surface area (Å²) in [6, 6.07) is 4.83. The molecule has 1 unspecified atom stereocenters. The van der Waals surface area contributed by atoms with Crippen molar-refractivity contribution in [1.82, 2.24) is 16.0 Å². The van der Waals surface area contributed by atoms with E-state index in [0.29, 0.717) is 12.0 Å². The van der Waals surface area contributed by atoms with Gasteiger partial charge < -0.3 is 20.7 Å². The third-order valence-electron chi connectivity index (χ3n) is 4.62. The van der Waals surface area contributed by atoms with Crippen LogP contribution in [0.3, 0.4) is 0 Å². The van der Waals surface area contributed by atoms with Crippen molar-refractivity contribution in [2.24, 2.45) is 4.99 Å². The summed E-state index contributed by atoms with van der Waals surface area (Å²) in [6.45, 7) is 8.72. The standard InChI is InChI=1S/C20H34N4O2S/c1-14(17-7-6-12-27-17)13-22-18(21-5)23-15-8-10-16(11-9-15)24-19(25)26-20(2,3)4/h6-7,12,14-16H,8-11,13H2,1-5H3,(H,24,25)(H2,21,22,23). The van der Waals surface area contributed by atoms with Crippen molar-refractivity contribution in [3.8, 4) is 0 Å². The fourth-order valence-corrected chi connectivity index (χ4v) is 3.95. The molecule has 0 spiro atoms. The number of hydrogen-bond donors (Lipinski definition) is 3. The highest BCUT2D eigenvalue weighted by Gasteiger charge is 2.25. The van der Waals surface area contributed by atoms with E-state index < -0.39 is 5.60 Å². The lowest BCUT2D eigenvalue weighted by Crippen LogP contribution is -2.48. The molecule has 1 heterocycles. The van der Waals surface area contributed by atoms with Crippen LogP contribution in [0.1, 0.15) is 64.2 Å². The maximum absolute atomic E-state index is 11.9. The Labute approximate surface area is 167 Å². The van der Waals surface area contributed by atoms with Crippen LogP contribution in [0.15, 0.2) is 22.5 Å². The first-order chi connectivity index (χ1) is 12.8. The minimum Gasteiger partial charge on any atom is -0.444 e. The number of carbonyl (C=O) groups is 1. The Bertz CT molecular complexity index is 602. The summed E-state index contributed by atoms with van der Waals surface area (Å²) in [4.78, 5) is 17.6. The Kier molecular flexibility index (Phi) is 7.95. The molecule has 1 aromatic rings. The van der Waals surface area contributed by atoms with Gasteiger partial charge in [-0.2, -0.15) is 0 Å². The number of nitrogens with one attached hydrogen (secondary N) is 3. The van der Waals surface area contributed by atoms with Crippen molar-refractivity contribution in [2.45, 2.75) is 77.0 Å². The molecule has 1 fully saturated rings. The number of ether oxygens (including phenoxy) is 1. The van der Waals surface area contributed by atoms with Gasteiger partial charge in [-0.25, -0.2) is 4.79 Å². The Hall–Kier alpha value is -1.76. The second-order valence-electron chi connectivity index (χ2n) is 8.21. The quantitative estimate of drug-likeness (QED) is 0.524. The van der Waals surface area contributed by atoms with Crippen molar-refractivity contribution in [2.75, 3.05) is 13.6 Å². The first-order valence-electron chi connectivity index (χ1n) is 9.77. The molecule has 0 aromatic carbocycles. The normalized spacial score (nSPS) is 22.0. The van der Waals surface area contributed by atoms with Crippen LogP contribution in [0, 0.1) is 0 Å². The van der Waals surface area contributed by atoms with Crippen molar-refractivity contribution in [3.63, 3.8) is 0 Å². The van der Waals surface area contributed by atoms with Gasteiger partial charge in [0.2, 0.25) is 0 Å². The first kappa shape index (κ1) is 21.5. The molecule has 27 heavy (non-hydrogen) atoms. The molecule has 2 rings (SSSR count). The minimum atomic E-state index is -0.457. The topological polar surface area (TPSA) is 74.8 Å². The summed E-state index contributed by atoms with van der Waals surface area (Å²) in [5.74, 6) is 1.30. The van der Waals surface area contributed by atoms with Gasteiger partial charge in [0.15, 0.2) is 5.96 Å². The Morgan fingerprint density at radius 3 is 2.41 bits per heavy atom. The van der Waals surface area contributed by atoms with Gasteiger partial charge in [-0.05, 0) is 57.9 Å². The summed E-state index contributed by atoms with van der Waals surface area (Å²) in [6.07, 6.45) is 3.57. The molecule has 0 bridgehead atoms. The third-order valence-corrected chi connectivity index (χ3v) is 5.72. The van der Waals surface area contributed by atoms with Crippen LogP contribution in [-0.4, -0.2) is 43.3 Å². The van der Waals surface area contributed by atoms with Gasteiger partial charge in [-0.1, -0.05) is 13.0 Å². The van der Waals surface area contributed by atoms with E-state index in [1.54, 1.807) is 18.4 Å². The number of rotatable bonds is 5. The number of alkyl carbamates (subject to hydrolysis) is 1. The van der Waals surface area contributed by atoms with E-state index in [4.69, 9.17) is 4.74 Å². The van der Waals surface area contributed by atoms with Crippen LogP contribution < -0.4 is 16.0 Å². The average molecular weight is 395 g/mol. The van der Waals surface area contributed by atoms with Crippen molar-refractivity contribution in [1.29, 1.82) is 0 Å². The monoisotopic (exact) mass is 394 g/mol. The van der Waals surface area contributed by atoms with Crippen molar-refractivity contribution < 1.29 is 9.53 Å². The Balaban J connectivity index is 1.70. The van der Waals surface area contributed by atoms with E-state index in [-0.39, 0.29) is 12.1 Å². The maximum atomic E-state index is 11.9. The molecule has 1 aliphatic carbocycles. The predicted octanol–water partition coefficient (Wildman–Crippen LogP) is 3.85. The molecule has 0 aliphatic heterocycles. The first-order valence-corrected chi connectivity index (χ1v) is 10.6. The van der Waals surface area contributed by atoms with Crippen LogP contribution in [0.4, 0.5) is 4.79 Å². The molecule has 0 saturated heterocycles. The fraction of sp³-hybridized carbons (Fsp3) is 0.700. The van der Waals surface area contributed by atoms with E-state index in [1.165, 1.54) is 4.88 Å². The number of aliphatic imine (C=N–C) groups is 1. The lowest BCUT2D eigenvalue weighted by atomic mass is 9.91. The smallest absolute Gasteiger partial charge is 0.407 e. The second kappa shape index (κ2) is 9.97. The van der Waals surface area contributed by atoms with Crippen LogP contribution >= 0.6 is 11.3 Å². The molecule has 1 aromatic heterocycles. The molecule has 1 atom stereocenters. The molecule has 7 heteroatoms. The number of nitrogens with zero attached hydrogens (tertiary/aromatic N) is 1. The molecule has 0 radical (unpaired) electrons. The van der Waals surface area contributed by atoms with Crippen LogP contribution in [0.2, 0.25) is 0 Å². The largest absolute Gasteiger partial charge is 0.444 e. The zero-order valence-corrected chi connectivity index (χ0v) is 18.0. The molecule has 1 saturated carbocycles. The molecule has 1 aliphatic rings. The van der Waals surface area contributed by atoms with Gasteiger partial charge in [0.25, 0.3) is 0 Å². The molecular formula is C20H34N4O2S. The molecule has 152 valence electrons. The third kappa shape index (κ3) is 7.79. The number of carbonyl (C=O) groups excluding carboxylic acids is 1. The fourth-order valence-electron chi connectivity index (χ4n) is 3.17. The van der Waals surface area contributed by atoms with Crippen LogP contribution in [-0.2, 0) is 4.74 Å². The van der Waals surface area contributed by atoms with Crippen molar-refractivity contribution in [3.05, 3.63) is 22.4 Å². The van der Waals surface area contributed by atoms with Gasteiger partial charge >= 0.3 is 6.09 Å². The molecule has 3 N–H and O–H groups in total. The highest BCUT2D eigenvalue weighted by Crippen LogP contribution is 2.21. The number of amides is 1. The highest BCUT2D eigenvalue weighted by molar-refractivity contribution is 7.10. The summed E-state index contributed by atoms with van der Waals surface area (Å²) in [5.41, 5.74) is -0.457. The lowest BCUT2D eigenvalue weighted by Gasteiger charge is -2.31. The number of hydrogen-bond acceptors (Lipinski definition) is 4. The van der Waals surface area contributed by atoms with E-state index in [1.807, 2.05) is 20.8 Å². The summed E-state index contributed by atoms with van der Waals surface area (Å²) < 4.78 is 5.34. The van der Waals surface area contributed by atoms with Crippen LogP contribution in [0.25, 0.3) is 0 Å². The Morgan fingerprint density at radius 1 is 1.26 bits per heavy atom. The van der Waals surface area contributed by atoms with Crippen LogP contribution in [0.5, 0.6) is 0 Å². The van der Waals surface area contributed by atoms with E-state index in [9.17, 15) is 4.79 Å². The minimum absolute atomic E-state index is 0.187. The second-order valence-corrected chi connectivity index (χ2v) is 9.19. The van der Waals surface area contributed by atoms with Gasteiger partial charge in [-0.15, -0.1) is 11.3 Å². The van der Waals surface area contributed by atoms with Gasteiger partial charge in [-0.3, -0.25) is 4.99 Å². The van der Waals surface area contributed by atoms with E-state index >= 15 is 0 Å². The average Bonchev–Trinajstić information content (AvgIpc) is 3.12.